The molecule has 9 nitrogen and oxygen atoms in total. The van der Waals surface area contributed by atoms with E-state index in [0.29, 0.717) is 60.2 Å². The number of halogens is 3. The number of methoxy groups -OCH3 is 1. The average Bonchev–Trinajstić information content (AvgIpc) is 3.41. The van der Waals surface area contributed by atoms with Crippen LogP contribution in [0, 0.1) is 12.7 Å². The lowest BCUT2D eigenvalue weighted by molar-refractivity contribution is -0.0794. The zero-order chi connectivity index (χ0) is 25.7. The van der Waals surface area contributed by atoms with Gasteiger partial charge < -0.3 is 19.4 Å². The van der Waals surface area contributed by atoms with Gasteiger partial charge in [-0.25, -0.2) is 22.7 Å². The maximum Gasteiger partial charge on any atom is 0.244 e. The monoisotopic (exact) mass is 515 g/mol. The number of likely N-dealkylation sites (tertiary alicyclic amines) is 1. The third-order valence-corrected chi connectivity index (χ3v) is 7.31. The van der Waals surface area contributed by atoms with E-state index in [-0.39, 0.29) is 23.9 Å². The molecule has 0 bridgehead atoms. The van der Waals surface area contributed by atoms with Gasteiger partial charge in [-0.15, -0.1) is 5.10 Å². The van der Waals surface area contributed by atoms with Crippen LogP contribution in [0.25, 0.3) is 27.7 Å². The van der Waals surface area contributed by atoms with Crippen molar-refractivity contribution in [3.8, 4) is 17.0 Å². The summed E-state index contributed by atoms with van der Waals surface area (Å²) in [4.78, 5) is 10.9. The molecule has 0 unspecified atom stereocenters. The summed E-state index contributed by atoms with van der Waals surface area (Å²) in [5, 5.41) is 7.67. The fourth-order valence-electron chi connectivity index (χ4n) is 5.27. The molecule has 1 aromatic carbocycles. The first-order chi connectivity index (χ1) is 18.0. The van der Waals surface area contributed by atoms with E-state index >= 15 is 4.39 Å². The van der Waals surface area contributed by atoms with Gasteiger partial charge in [-0.3, -0.25) is 4.90 Å². The lowest BCUT2D eigenvalue weighted by atomic mass is 10.0. The molecule has 5 heterocycles. The second-order valence-corrected chi connectivity index (χ2v) is 9.53. The molecule has 196 valence electrons. The Morgan fingerprint density at radius 3 is 2.78 bits per heavy atom. The van der Waals surface area contributed by atoms with E-state index in [2.05, 4.69) is 25.3 Å². The lowest BCUT2D eigenvalue weighted by Gasteiger charge is -2.42. The molecule has 3 aromatic heterocycles. The number of aryl methyl sites for hydroxylation is 2. The molecule has 2 aliphatic rings. The Hall–Kier alpha value is -3.38. The van der Waals surface area contributed by atoms with E-state index < -0.39 is 24.7 Å². The van der Waals surface area contributed by atoms with E-state index in [1.165, 1.54) is 13.2 Å². The van der Waals surface area contributed by atoms with Crippen LogP contribution >= 0.6 is 0 Å². The molecule has 6 rings (SSSR count). The second kappa shape index (κ2) is 9.49. The number of nitrogens with zero attached hydrogens (tertiary/aromatic N) is 6. The molecule has 4 aromatic rings. The number of nitrogens with one attached hydrogen (secondary N) is 1. The van der Waals surface area contributed by atoms with Crippen molar-refractivity contribution in [1.82, 2.24) is 29.0 Å². The van der Waals surface area contributed by atoms with Gasteiger partial charge in [0.1, 0.15) is 29.7 Å². The Morgan fingerprint density at radius 1 is 1.24 bits per heavy atom. The molecule has 0 saturated carbocycles. The Balaban J connectivity index is 1.32. The summed E-state index contributed by atoms with van der Waals surface area (Å²) in [5.74, 6) is 0.559. The van der Waals surface area contributed by atoms with E-state index in [9.17, 15) is 8.78 Å². The molecule has 1 N–H and O–H groups in total. The Kier molecular flexibility index (Phi) is 6.15. The molecule has 0 amide bonds. The van der Waals surface area contributed by atoms with Gasteiger partial charge in [-0.2, -0.15) is 4.98 Å². The number of aromatic nitrogens is 5. The predicted octanol–water partition coefficient (Wildman–Crippen LogP) is 3.39. The molecule has 2 fully saturated rings. The molecular formula is C25H28F3N7O2. The number of anilines is 1. The van der Waals surface area contributed by atoms with Gasteiger partial charge in [0.15, 0.2) is 5.82 Å². The number of imidazole rings is 1. The first kappa shape index (κ1) is 24.0. The highest BCUT2D eigenvalue weighted by molar-refractivity contribution is 5.90. The molecule has 0 aliphatic carbocycles. The quantitative estimate of drug-likeness (QED) is 0.404. The van der Waals surface area contributed by atoms with E-state index in [4.69, 9.17) is 9.47 Å². The number of fused-ring (bicyclic) bond motifs is 2. The zero-order valence-corrected chi connectivity index (χ0v) is 20.6. The molecule has 2 aliphatic heterocycles. The topological polar surface area (TPSA) is 81.7 Å². The van der Waals surface area contributed by atoms with Crippen LogP contribution in [0.15, 0.2) is 24.4 Å². The first-order valence-electron chi connectivity index (χ1n) is 12.3. The SMILES string of the molecule is COc1nc(N[C@@H]2CCN(C3COC3)C[C@@H]2F)nn2ccc(-c3cc(F)c4nc(C)n(CCF)c4c3)c12. The minimum absolute atomic E-state index is 0.0894. The molecule has 2 atom stereocenters. The molecule has 2 saturated heterocycles. The van der Waals surface area contributed by atoms with Crippen LogP contribution in [0.5, 0.6) is 5.88 Å². The number of rotatable bonds is 7. The highest BCUT2D eigenvalue weighted by atomic mass is 19.1. The Labute approximate surface area is 211 Å². The maximum atomic E-state index is 15.0. The van der Waals surface area contributed by atoms with Crippen molar-refractivity contribution in [2.75, 3.05) is 45.4 Å². The van der Waals surface area contributed by atoms with Gasteiger partial charge in [0.25, 0.3) is 0 Å². The number of alkyl halides is 2. The third-order valence-electron chi connectivity index (χ3n) is 7.31. The molecule has 12 heteroatoms. The van der Waals surface area contributed by atoms with Crippen molar-refractivity contribution in [2.45, 2.75) is 38.1 Å². The second-order valence-electron chi connectivity index (χ2n) is 9.53. The first-order valence-corrected chi connectivity index (χ1v) is 12.3. The van der Waals surface area contributed by atoms with Crippen LogP contribution in [0.1, 0.15) is 12.2 Å². The fraction of sp³-hybridized carbons (Fsp3) is 0.480. The van der Waals surface area contributed by atoms with Crippen molar-refractivity contribution in [1.29, 1.82) is 0 Å². The lowest BCUT2D eigenvalue weighted by Crippen LogP contribution is -2.57. The van der Waals surface area contributed by atoms with Crippen molar-refractivity contribution < 1.29 is 22.6 Å². The minimum atomic E-state index is -1.08. The van der Waals surface area contributed by atoms with Gasteiger partial charge >= 0.3 is 0 Å². The van der Waals surface area contributed by atoms with E-state index in [1.54, 1.807) is 34.3 Å². The highest BCUT2D eigenvalue weighted by Crippen LogP contribution is 2.34. The summed E-state index contributed by atoms with van der Waals surface area (Å²) < 4.78 is 57.2. The van der Waals surface area contributed by atoms with Crippen molar-refractivity contribution in [2.24, 2.45) is 0 Å². The molecule has 0 radical (unpaired) electrons. The van der Waals surface area contributed by atoms with E-state index in [0.717, 1.165) is 6.54 Å². The summed E-state index contributed by atoms with van der Waals surface area (Å²) in [5.41, 5.74) is 2.46. The molecule has 0 spiro atoms. The summed E-state index contributed by atoms with van der Waals surface area (Å²) in [7, 11) is 1.49. The Morgan fingerprint density at radius 2 is 2.08 bits per heavy atom. The van der Waals surface area contributed by atoms with Gasteiger partial charge in [0.05, 0.1) is 44.5 Å². The standard InChI is InChI=1S/C25H28F3N7O2/c1-14-29-22-18(27)9-15(10-21(22)34(14)8-5-26)17-3-7-35-23(17)24(36-2)31-25(32-35)30-20-4-6-33(11-19(20)28)16-12-37-13-16/h3,7,9-10,16,19-20H,4-6,8,11-13H2,1-2H3,(H,30,32)/t19-,20+/m0/s1. The number of benzene rings is 1. The normalized spacial score (nSPS) is 21.0. The van der Waals surface area contributed by atoms with Gasteiger partial charge in [-0.05, 0) is 37.1 Å². The molecule has 37 heavy (non-hydrogen) atoms. The van der Waals surface area contributed by atoms with Crippen molar-refractivity contribution in [3.05, 3.63) is 36.0 Å². The molecular weight excluding hydrogens is 487 g/mol. The summed E-state index contributed by atoms with van der Waals surface area (Å²) >= 11 is 0. The predicted molar refractivity (Wildman–Crippen MR) is 132 cm³/mol. The minimum Gasteiger partial charge on any atom is -0.479 e. The number of hydrogen-bond donors (Lipinski definition) is 1. The number of ether oxygens (including phenoxy) is 2. The van der Waals surface area contributed by atoms with Crippen molar-refractivity contribution in [3.63, 3.8) is 0 Å². The van der Waals surface area contributed by atoms with Crippen LogP contribution in [0.4, 0.5) is 19.1 Å². The summed E-state index contributed by atoms with van der Waals surface area (Å²) in [6, 6.07) is 4.84. The van der Waals surface area contributed by atoms with Crippen LogP contribution < -0.4 is 10.1 Å². The zero-order valence-electron chi connectivity index (χ0n) is 20.6. The largest absolute Gasteiger partial charge is 0.479 e. The van der Waals surface area contributed by atoms with Crippen LogP contribution in [-0.4, -0.2) is 87.4 Å². The Bertz CT molecular complexity index is 1450. The summed E-state index contributed by atoms with van der Waals surface area (Å²) in [6.45, 7) is 3.65. The summed E-state index contributed by atoms with van der Waals surface area (Å²) in [6.07, 6.45) is 1.26. The number of piperidine rings is 1. The highest BCUT2D eigenvalue weighted by Gasteiger charge is 2.35. The smallest absolute Gasteiger partial charge is 0.244 e. The van der Waals surface area contributed by atoms with Gasteiger partial charge in [0, 0.05) is 24.8 Å². The van der Waals surface area contributed by atoms with E-state index in [1.807, 2.05) is 0 Å². The van der Waals surface area contributed by atoms with Crippen LogP contribution in [0.3, 0.4) is 0 Å². The maximum absolute atomic E-state index is 15.0. The van der Waals surface area contributed by atoms with Gasteiger partial charge in [0.2, 0.25) is 11.8 Å². The third kappa shape index (κ3) is 4.17. The van der Waals surface area contributed by atoms with Crippen LogP contribution in [-0.2, 0) is 11.3 Å². The van der Waals surface area contributed by atoms with Crippen LogP contribution in [0.2, 0.25) is 0 Å². The van der Waals surface area contributed by atoms with Crippen molar-refractivity contribution >= 4 is 22.5 Å². The van der Waals surface area contributed by atoms with Gasteiger partial charge in [-0.1, -0.05) is 0 Å². The number of hydrogen-bond acceptors (Lipinski definition) is 7. The average molecular weight is 516 g/mol. The fourth-order valence-corrected chi connectivity index (χ4v) is 5.27.